The predicted octanol–water partition coefficient (Wildman–Crippen LogP) is 6.53. The third-order valence-corrected chi connectivity index (χ3v) is 5.56. The first-order chi connectivity index (χ1) is 14.2. The largest absolute Gasteiger partial charge is 0.493 e. The Hall–Kier alpha value is -0.770. The van der Waals surface area contributed by atoms with E-state index in [9.17, 15) is 0 Å². The lowest BCUT2D eigenvalue weighted by Gasteiger charge is -2.16. The van der Waals surface area contributed by atoms with Gasteiger partial charge in [0.15, 0.2) is 0 Å². The molecule has 2 aromatic carbocycles. The Labute approximate surface area is 188 Å². The van der Waals surface area contributed by atoms with Crippen molar-refractivity contribution in [1.82, 2.24) is 0 Å². The van der Waals surface area contributed by atoms with Gasteiger partial charge in [0.1, 0.15) is 11.5 Å². The maximum atomic E-state index is 8.48. The lowest BCUT2D eigenvalue weighted by Crippen LogP contribution is -2.02. The zero-order valence-corrected chi connectivity index (χ0v) is 19.4. The topological polar surface area (TPSA) is 57.2 Å². The van der Waals surface area contributed by atoms with Crippen LogP contribution >= 0.6 is 37.3 Å². The van der Waals surface area contributed by atoms with E-state index in [0.717, 1.165) is 94.8 Å². The molecule has 162 valence electrons. The highest BCUT2D eigenvalue weighted by molar-refractivity contribution is 7.94. The number of benzene rings is 2. The molecule has 0 saturated carbocycles. The Bertz CT molecular complexity index is 742. The Morgan fingerprint density at radius 2 is 1.45 bits per heavy atom. The van der Waals surface area contributed by atoms with E-state index in [-0.39, 0.29) is 0 Å². The SMILES string of the molecule is Cc1cc(OCCCCCS)c2c(OCCCCCS)cc(SOOO)cc2c1. The number of unbranched alkanes of at least 4 members (excludes halogenated alkanes) is 4. The Morgan fingerprint density at radius 1 is 0.828 bits per heavy atom. The van der Waals surface area contributed by atoms with E-state index in [1.165, 1.54) is 0 Å². The van der Waals surface area contributed by atoms with Crippen molar-refractivity contribution in [2.24, 2.45) is 0 Å². The predicted molar refractivity (Wildman–Crippen MR) is 126 cm³/mol. The third-order valence-electron chi connectivity index (χ3n) is 4.38. The molecule has 0 amide bonds. The zero-order chi connectivity index (χ0) is 20.9. The van der Waals surface area contributed by atoms with E-state index < -0.39 is 0 Å². The summed E-state index contributed by atoms with van der Waals surface area (Å²) in [7, 11) is 0. The monoisotopic (exact) mass is 458 g/mol. The van der Waals surface area contributed by atoms with E-state index in [2.05, 4.69) is 46.8 Å². The van der Waals surface area contributed by atoms with Crippen LogP contribution < -0.4 is 9.47 Å². The van der Waals surface area contributed by atoms with Crippen LogP contribution in [0.4, 0.5) is 0 Å². The molecular formula is C21H30O5S3. The summed E-state index contributed by atoms with van der Waals surface area (Å²) in [6, 6.07) is 7.98. The number of hydrogen-bond acceptors (Lipinski definition) is 8. The highest BCUT2D eigenvalue weighted by Gasteiger charge is 2.14. The minimum absolute atomic E-state index is 0.615. The van der Waals surface area contributed by atoms with E-state index in [1.807, 2.05) is 19.1 Å². The molecule has 0 bridgehead atoms. The molecular weight excluding hydrogens is 428 g/mol. The first-order valence-electron chi connectivity index (χ1n) is 9.90. The second-order valence-electron chi connectivity index (χ2n) is 6.77. The minimum Gasteiger partial charge on any atom is -0.493 e. The van der Waals surface area contributed by atoms with Gasteiger partial charge in [0.25, 0.3) is 0 Å². The second kappa shape index (κ2) is 14.3. The van der Waals surface area contributed by atoms with Gasteiger partial charge in [-0.25, -0.2) is 5.26 Å². The lowest BCUT2D eigenvalue weighted by atomic mass is 10.1. The van der Waals surface area contributed by atoms with Gasteiger partial charge < -0.3 is 9.47 Å². The fraction of sp³-hybridized carbons (Fsp3) is 0.524. The molecule has 0 saturated heterocycles. The van der Waals surface area contributed by atoms with Crippen molar-refractivity contribution in [2.45, 2.75) is 50.3 Å². The first-order valence-corrected chi connectivity index (χ1v) is 11.9. The molecule has 2 rings (SSSR count). The maximum absolute atomic E-state index is 8.48. The Morgan fingerprint density at radius 3 is 2.03 bits per heavy atom. The second-order valence-corrected chi connectivity index (χ2v) is 8.44. The molecule has 0 fully saturated rings. The number of aryl methyl sites for hydroxylation is 1. The van der Waals surface area contributed by atoms with Gasteiger partial charge in [-0.1, -0.05) is 11.1 Å². The third kappa shape index (κ3) is 8.47. The Balaban J connectivity index is 2.25. The smallest absolute Gasteiger partial charge is 0.132 e. The molecule has 0 unspecified atom stereocenters. The zero-order valence-electron chi connectivity index (χ0n) is 16.8. The highest BCUT2D eigenvalue weighted by atomic mass is 32.2. The molecule has 0 aromatic heterocycles. The summed E-state index contributed by atoms with van der Waals surface area (Å²) in [5.41, 5.74) is 1.10. The minimum atomic E-state index is 0.615. The Kier molecular flexibility index (Phi) is 12.1. The number of ether oxygens (including phenoxy) is 2. The molecule has 29 heavy (non-hydrogen) atoms. The van der Waals surface area contributed by atoms with E-state index in [4.69, 9.17) is 14.7 Å². The number of fused-ring (bicyclic) bond motifs is 1. The van der Waals surface area contributed by atoms with Gasteiger partial charge in [0.2, 0.25) is 0 Å². The van der Waals surface area contributed by atoms with Gasteiger partial charge in [-0.3, -0.25) is 0 Å². The van der Waals surface area contributed by atoms with Gasteiger partial charge in [-0.2, -0.15) is 25.3 Å². The van der Waals surface area contributed by atoms with Gasteiger partial charge in [-0.15, -0.1) is 4.33 Å². The van der Waals surface area contributed by atoms with Crippen molar-refractivity contribution in [3.05, 3.63) is 29.8 Å². The normalized spacial score (nSPS) is 11.2. The number of rotatable bonds is 15. The fourth-order valence-electron chi connectivity index (χ4n) is 3.03. The quantitative estimate of drug-likeness (QED) is 0.0927. The number of hydrogen-bond donors (Lipinski definition) is 3. The molecule has 0 radical (unpaired) electrons. The van der Waals surface area contributed by atoms with E-state index in [1.54, 1.807) is 0 Å². The van der Waals surface area contributed by atoms with E-state index in [0.29, 0.717) is 13.2 Å². The van der Waals surface area contributed by atoms with Crippen molar-refractivity contribution in [3.8, 4) is 11.5 Å². The first kappa shape index (κ1) is 24.5. The van der Waals surface area contributed by atoms with Gasteiger partial charge in [-0.05, 0) is 86.1 Å². The number of thiol groups is 2. The molecule has 5 nitrogen and oxygen atoms in total. The molecule has 0 aliphatic rings. The highest BCUT2D eigenvalue weighted by Crippen LogP contribution is 2.39. The summed E-state index contributed by atoms with van der Waals surface area (Å²) in [5, 5.41) is 14.2. The van der Waals surface area contributed by atoms with Crippen molar-refractivity contribution in [2.75, 3.05) is 24.7 Å². The maximum Gasteiger partial charge on any atom is 0.132 e. The molecule has 8 heteroatoms. The molecule has 0 aliphatic carbocycles. The van der Waals surface area contributed by atoms with Crippen LogP contribution in [0.1, 0.15) is 44.1 Å². The van der Waals surface area contributed by atoms with Crippen LogP contribution in [0.25, 0.3) is 10.8 Å². The van der Waals surface area contributed by atoms with Crippen LogP contribution in [0.15, 0.2) is 29.2 Å². The van der Waals surface area contributed by atoms with Gasteiger partial charge >= 0.3 is 0 Å². The van der Waals surface area contributed by atoms with Gasteiger partial charge in [0.05, 0.1) is 30.6 Å². The molecule has 0 aliphatic heterocycles. The summed E-state index contributed by atoms with van der Waals surface area (Å²) < 4.78 is 16.9. The summed E-state index contributed by atoms with van der Waals surface area (Å²) in [6.07, 6.45) is 6.29. The van der Waals surface area contributed by atoms with Crippen LogP contribution in [0.5, 0.6) is 11.5 Å². The summed E-state index contributed by atoms with van der Waals surface area (Å²) in [5.74, 6) is 3.35. The van der Waals surface area contributed by atoms with Crippen molar-refractivity contribution in [3.63, 3.8) is 0 Å². The fourth-order valence-corrected chi connectivity index (χ4v) is 3.92. The van der Waals surface area contributed by atoms with Crippen LogP contribution in [0, 0.1) is 6.92 Å². The van der Waals surface area contributed by atoms with Crippen LogP contribution in [0.3, 0.4) is 0 Å². The van der Waals surface area contributed by atoms with Crippen LogP contribution in [0.2, 0.25) is 0 Å². The van der Waals surface area contributed by atoms with Gasteiger partial charge in [0, 0.05) is 4.90 Å². The van der Waals surface area contributed by atoms with Crippen molar-refractivity contribution >= 4 is 48.1 Å². The van der Waals surface area contributed by atoms with Crippen molar-refractivity contribution < 1.29 is 24.1 Å². The molecule has 0 atom stereocenters. The van der Waals surface area contributed by atoms with E-state index >= 15 is 0 Å². The average molecular weight is 459 g/mol. The average Bonchev–Trinajstić information content (AvgIpc) is 2.71. The van der Waals surface area contributed by atoms with Crippen LogP contribution in [-0.4, -0.2) is 30.0 Å². The standard InChI is InChI=1S/C21H30O5S3/c1-16-12-17-14-18(29-26-25-22)15-20(24-9-5-3-7-11-28)21(17)19(13-16)23-8-4-2-6-10-27/h12-15,22,27-28H,2-11H2,1H3. The molecule has 1 N–H and O–H groups in total. The molecule has 0 heterocycles. The molecule has 2 aromatic rings. The summed E-state index contributed by atoms with van der Waals surface area (Å²) >= 11 is 9.44. The van der Waals surface area contributed by atoms with Crippen molar-refractivity contribution in [1.29, 1.82) is 0 Å². The summed E-state index contributed by atoms with van der Waals surface area (Å²) in [6.45, 7) is 3.31. The summed E-state index contributed by atoms with van der Waals surface area (Å²) in [4.78, 5) is 0.766. The lowest BCUT2D eigenvalue weighted by molar-refractivity contribution is -0.432. The molecule has 0 spiro atoms. The van der Waals surface area contributed by atoms with Crippen LogP contribution in [-0.2, 0) is 9.37 Å².